The van der Waals surface area contributed by atoms with Gasteiger partial charge in [-0.2, -0.15) is 0 Å². The molecule has 1 aromatic rings. The van der Waals surface area contributed by atoms with Crippen molar-refractivity contribution in [3.63, 3.8) is 0 Å². The van der Waals surface area contributed by atoms with Crippen LogP contribution in [0.4, 0.5) is 0 Å². The second kappa shape index (κ2) is 37.3. The van der Waals surface area contributed by atoms with Crippen molar-refractivity contribution in [1.29, 1.82) is 0 Å². The molecule has 1 aromatic carbocycles. The number of carboxylic acids is 1. The van der Waals surface area contributed by atoms with Gasteiger partial charge in [-0.25, -0.2) is 4.79 Å². The van der Waals surface area contributed by atoms with E-state index in [1.54, 1.807) is 72.8 Å². The molecule has 0 bridgehead atoms. The summed E-state index contributed by atoms with van der Waals surface area (Å²) >= 11 is 0. The number of aliphatic hydroxyl groups excluding tert-OH is 1. The molecule has 22 heteroatoms. The third-order valence-electron chi connectivity index (χ3n) is 18.3. The van der Waals surface area contributed by atoms with Crippen molar-refractivity contribution in [2.24, 2.45) is 59.2 Å². The molecule has 22 nitrogen and oxygen atoms in total. The minimum absolute atomic E-state index is 0.0815. The minimum Gasteiger partial charge on any atom is -0.478 e. The average molecular weight is 1310 g/mol. The second-order valence-corrected chi connectivity index (χ2v) is 28.8. The molecule has 1 aliphatic rings. The van der Waals surface area contributed by atoms with Crippen molar-refractivity contribution >= 4 is 76.7 Å². The molecule has 0 radical (unpaired) electrons. The van der Waals surface area contributed by atoms with Crippen LogP contribution in [0, 0.1) is 59.2 Å². The number of amides is 8. The first-order chi connectivity index (χ1) is 43.0. The third-order valence-corrected chi connectivity index (χ3v) is 18.3. The first kappa shape index (κ1) is 82.3. The van der Waals surface area contributed by atoms with Crippen LogP contribution in [0.1, 0.15) is 184 Å². The molecule has 8 amide bonds. The van der Waals surface area contributed by atoms with E-state index < -0.39 is 167 Å². The van der Waals surface area contributed by atoms with Crippen LogP contribution < -0.4 is 5.32 Å². The van der Waals surface area contributed by atoms with Gasteiger partial charge in [0.25, 0.3) is 0 Å². The summed E-state index contributed by atoms with van der Waals surface area (Å²) in [6.07, 6.45) is 1.85. The summed E-state index contributed by atoms with van der Waals surface area (Å²) in [5.41, 5.74) is 0.759. The summed E-state index contributed by atoms with van der Waals surface area (Å²) in [5, 5.41) is 24.6. The first-order valence-electron chi connectivity index (χ1n) is 33.4. The molecule has 0 aliphatic carbocycles. The maximum atomic E-state index is 15.4. The molecule has 0 aromatic heterocycles. The fraction of sp³-hybridized carbons (Fsp3) is 0.718. The Bertz CT molecular complexity index is 2780. The van der Waals surface area contributed by atoms with Gasteiger partial charge in [-0.05, 0) is 105 Å². The fourth-order valence-corrected chi connectivity index (χ4v) is 12.3. The van der Waals surface area contributed by atoms with Crippen LogP contribution in [0.2, 0.25) is 0 Å². The largest absolute Gasteiger partial charge is 0.478 e. The number of ketones is 3. The number of carboxylic acid groups (broad SMARTS) is 1. The molecule has 93 heavy (non-hydrogen) atoms. The zero-order chi connectivity index (χ0) is 71.5. The highest BCUT2D eigenvalue weighted by molar-refractivity contribution is 5.99. The fourth-order valence-electron chi connectivity index (χ4n) is 12.3. The van der Waals surface area contributed by atoms with Crippen molar-refractivity contribution < 1.29 is 67.7 Å². The molecule has 1 aliphatic heterocycles. The molecule has 0 saturated carbocycles. The molecule has 1 heterocycles. The lowest BCUT2D eigenvalue weighted by Crippen LogP contribution is -2.61. The van der Waals surface area contributed by atoms with E-state index in [0.717, 1.165) is 4.90 Å². The van der Waals surface area contributed by atoms with Gasteiger partial charge >= 0.3 is 5.97 Å². The zero-order valence-electron chi connectivity index (χ0n) is 60.4. The maximum absolute atomic E-state index is 15.4. The number of aliphatic hydroxyl groups is 1. The Morgan fingerprint density at radius 2 is 0.968 bits per heavy atom. The highest BCUT2D eigenvalue weighted by Gasteiger charge is 2.46. The maximum Gasteiger partial charge on any atom is 0.335 e. The topological polar surface area (TPSA) is 280 Å². The van der Waals surface area contributed by atoms with Gasteiger partial charge in [0.15, 0.2) is 17.3 Å². The molecule has 3 N–H and O–H groups in total. The molecule has 3 unspecified atom stereocenters. The molecule has 0 spiro atoms. The van der Waals surface area contributed by atoms with E-state index in [-0.39, 0.29) is 80.6 Å². The van der Waals surface area contributed by atoms with Crippen LogP contribution in [0.5, 0.6) is 0 Å². The summed E-state index contributed by atoms with van der Waals surface area (Å²) in [4.78, 5) is 182. The summed E-state index contributed by atoms with van der Waals surface area (Å²) in [6, 6.07) is -2.28. The van der Waals surface area contributed by atoms with Gasteiger partial charge in [-0.15, -0.1) is 0 Å². The Morgan fingerprint density at radius 1 is 0.527 bits per heavy atom. The number of nitrogens with one attached hydrogen (secondary N) is 1. The molecule has 1 saturated heterocycles. The van der Waals surface area contributed by atoms with Gasteiger partial charge in [0, 0.05) is 86.3 Å². The van der Waals surface area contributed by atoms with E-state index in [4.69, 9.17) is 0 Å². The van der Waals surface area contributed by atoms with E-state index in [2.05, 4.69) is 5.32 Å². The Kier molecular flexibility index (Phi) is 33.0. The van der Waals surface area contributed by atoms with Gasteiger partial charge in [0.1, 0.15) is 30.2 Å². The number of rotatable bonds is 17. The van der Waals surface area contributed by atoms with Gasteiger partial charge in [-0.3, -0.25) is 52.7 Å². The lowest BCUT2D eigenvalue weighted by Gasteiger charge is -2.41. The monoisotopic (exact) mass is 1300 g/mol. The highest BCUT2D eigenvalue weighted by Crippen LogP contribution is 2.30. The quantitative estimate of drug-likeness (QED) is 0.137. The number of carbonyl (C=O) groups excluding carboxylic acids is 11. The molecule has 1 fully saturated rings. The number of aromatic carboxylic acids is 1. The van der Waals surface area contributed by atoms with Crippen LogP contribution in [0.25, 0.3) is 6.08 Å². The SMILES string of the molecule is CC[C@@H]1CC(=O)[C@H]([C@H](O)[C@H](C)C/C=C/c2ccc(C(=O)O)cc2)N(C)C(=O)[C@H](C(C)C)N(C)C(=O)C(CC(C)C)N(C)C(=O)[C@H](CC(C)C)N(C)C(=O)[C@@H](C)NC(=O)C(C)CC(=O)[C@H](CC(C)C)N(C)C(=O)C(C(C)C)CC(=O)[C@H](CC(C)C)N(C)C(=O)CN(C)C1=O. The number of Topliss-reactive ketones (excluding diaryl/α,β-unsaturated/α-hetero) is 3. The lowest BCUT2D eigenvalue weighted by atomic mass is 9.84. The highest BCUT2D eigenvalue weighted by atomic mass is 16.4. The Hall–Kier alpha value is -6.84. The standard InChI is InChI=1S/C71H116N8O14/c1-24-50-37-59(82)62(63(84)46(14)26-25-27-49-28-30-51(31-29-49)71(92)93)79(23)70(91)61(45(12)13)78(22)69(90)56(35-43(8)9)77(21)68(89)55(34-42(6)7)76(20)65(86)48(16)72-64(85)47(15)36-57(80)54(33-41(4)5)75(19)67(88)52(44(10)11)38-58(81)53(32-40(2)3)74(18)60(83)39-73(17)66(50)87/h25,27-31,40-48,50,52-56,61-63,84H,24,26,32-39H2,1-23H3,(H,72,85)(H,92,93)/b27-25+/t46-,47?,48-,50-,52?,53+,54+,55+,56?,61+,62-,63-/m1/s1. The minimum atomic E-state index is -1.60. The van der Waals surface area contributed by atoms with Crippen molar-refractivity contribution in [3.8, 4) is 0 Å². The van der Waals surface area contributed by atoms with Crippen molar-refractivity contribution in [2.75, 3.05) is 55.9 Å². The van der Waals surface area contributed by atoms with Crippen LogP contribution in [0.15, 0.2) is 30.3 Å². The van der Waals surface area contributed by atoms with Crippen molar-refractivity contribution in [3.05, 3.63) is 41.5 Å². The third kappa shape index (κ3) is 23.2. The van der Waals surface area contributed by atoms with E-state index in [0.29, 0.717) is 5.56 Å². The molecular formula is C71H116N8O14. The van der Waals surface area contributed by atoms with Gasteiger partial charge in [0.05, 0.1) is 30.3 Å². The molecule has 12 atom stereocenters. The van der Waals surface area contributed by atoms with Crippen LogP contribution >= 0.6 is 0 Å². The Balaban J connectivity index is 3.00. The summed E-state index contributed by atoms with van der Waals surface area (Å²) in [6.45, 7) is 28.0. The number of hydrogen-bond donors (Lipinski definition) is 3. The van der Waals surface area contributed by atoms with Gasteiger partial charge < -0.3 is 49.8 Å². The van der Waals surface area contributed by atoms with E-state index in [1.165, 1.54) is 97.8 Å². The van der Waals surface area contributed by atoms with E-state index in [1.807, 2.05) is 55.4 Å². The lowest BCUT2D eigenvalue weighted by molar-refractivity contribution is -0.157. The summed E-state index contributed by atoms with van der Waals surface area (Å²) < 4.78 is 0. The summed E-state index contributed by atoms with van der Waals surface area (Å²) in [5.74, 6) is -12.6. The smallest absolute Gasteiger partial charge is 0.335 e. The molecular weight excluding hydrogens is 1190 g/mol. The Morgan fingerprint density at radius 3 is 1.43 bits per heavy atom. The predicted molar refractivity (Wildman–Crippen MR) is 360 cm³/mol. The Labute approximate surface area is 555 Å². The van der Waals surface area contributed by atoms with Crippen LogP contribution in [-0.2, 0) is 52.7 Å². The second-order valence-electron chi connectivity index (χ2n) is 28.8. The van der Waals surface area contributed by atoms with Crippen LogP contribution in [-0.4, -0.2) is 219 Å². The number of benzene rings is 1. The van der Waals surface area contributed by atoms with E-state index in [9.17, 15) is 48.6 Å². The molecule has 524 valence electrons. The number of likely N-dealkylation sites (N-methyl/N-ethyl adjacent to an activating group) is 7. The van der Waals surface area contributed by atoms with Crippen molar-refractivity contribution in [1.82, 2.24) is 39.6 Å². The zero-order valence-corrected chi connectivity index (χ0v) is 60.4. The summed E-state index contributed by atoms with van der Waals surface area (Å²) in [7, 11) is 10.1. The normalized spacial score (nSPS) is 25.8. The van der Waals surface area contributed by atoms with Crippen molar-refractivity contribution in [2.45, 2.75) is 217 Å². The predicted octanol–water partition coefficient (Wildman–Crippen LogP) is 7.38. The number of hydrogen-bond acceptors (Lipinski definition) is 13. The first-order valence-corrected chi connectivity index (χ1v) is 33.4. The van der Waals surface area contributed by atoms with Crippen LogP contribution in [0.3, 0.4) is 0 Å². The number of carbonyl (C=O) groups is 12. The van der Waals surface area contributed by atoms with Gasteiger partial charge in [0.2, 0.25) is 47.3 Å². The average Bonchev–Trinajstić information content (AvgIpc) is 0.846. The van der Waals surface area contributed by atoms with Gasteiger partial charge in [-0.1, -0.05) is 128 Å². The molecule has 2 rings (SSSR count). The number of allylic oxidation sites excluding steroid dienone is 1. The van der Waals surface area contributed by atoms with E-state index >= 15 is 19.2 Å². The number of nitrogens with zero attached hydrogens (tertiary/aromatic N) is 7.